The van der Waals surface area contributed by atoms with Crippen LogP contribution in [0.4, 0.5) is 17.6 Å². The molecule has 1 saturated heterocycles. The first kappa shape index (κ1) is 16.7. The maximum atomic E-state index is 14.0. The predicted molar refractivity (Wildman–Crippen MR) is 78.4 cm³/mol. The number of carbonyl (C=O) groups is 1. The molecule has 1 aliphatic rings. The molecule has 9 heteroatoms. The van der Waals surface area contributed by atoms with Crippen molar-refractivity contribution < 1.29 is 22.4 Å². The van der Waals surface area contributed by atoms with Crippen LogP contribution in [0.2, 0.25) is 0 Å². The molecule has 0 saturated carbocycles. The van der Waals surface area contributed by atoms with E-state index in [1.807, 2.05) is 0 Å². The number of imidazole rings is 1. The number of fused-ring (bicyclic) bond motifs is 1. The highest BCUT2D eigenvalue weighted by Crippen LogP contribution is 2.32. The molecule has 0 aromatic carbocycles. The summed E-state index contributed by atoms with van der Waals surface area (Å²) in [5.41, 5.74) is -1.88. The maximum absolute atomic E-state index is 14.0. The number of nitrogens with one attached hydrogen (secondary N) is 2. The second-order valence-corrected chi connectivity index (χ2v) is 5.68. The minimum atomic E-state index is -4.78. The van der Waals surface area contributed by atoms with Gasteiger partial charge in [-0.3, -0.25) is 9.20 Å². The Balaban J connectivity index is 1.96. The number of rotatable bonds is 2. The van der Waals surface area contributed by atoms with E-state index in [4.69, 9.17) is 0 Å². The average Bonchev–Trinajstić information content (AvgIpc) is 2.82. The summed E-state index contributed by atoms with van der Waals surface area (Å²) < 4.78 is 54.8. The second kappa shape index (κ2) is 6.39. The molecule has 3 heterocycles. The van der Waals surface area contributed by atoms with Crippen LogP contribution in [0.5, 0.6) is 0 Å². The van der Waals surface area contributed by atoms with Crippen LogP contribution < -0.4 is 10.6 Å². The molecule has 130 valence electrons. The first-order chi connectivity index (χ1) is 11.4. The molecule has 5 nitrogen and oxygen atoms in total. The van der Waals surface area contributed by atoms with Gasteiger partial charge in [-0.15, -0.1) is 0 Å². The van der Waals surface area contributed by atoms with Crippen molar-refractivity contribution in [2.45, 2.75) is 31.2 Å². The van der Waals surface area contributed by atoms with E-state index in [1.165, 1.54) is 24.4 Å². The summed E-state index contributed by atoms with van der Waals surface area (Å²) in [7, 11) is 0. The molecule has 2 unspecified atom stereocenters. The lowest BCUT2D eigenvalue weighted by Gasteiger charge is -2.20. The lowest BCUT2D eigenvalue weighted by Crippen LogP contribution is -2.44. The summed E-state index contributed by atoms with van der Waals surface area (Å²) in [6, 6.07) is 3.57. The third-order valence-corrected chi connectivity index (χ3v) is 3.97. The van der Waals surface area contributed by atoms with Crippen LogP contribution in [-0.4, -0.2) is 40.6 Å². The molecule has 3 rings (SSSR count). The van der Waals surface area contributed by atoms with E-state index in [2.05, 4.69) is 15.6 Å². The zero-order valence-corrected chi connectivity index (χ0v) is 12.6. The van der Waals surface area contributed by atoms with Crippen molar-refractivity contribution in [1.29, 1.82) is 0 Å². The van der Waals surface area contributed by atoms with E-state index in [9.17, 15) is 22.4 Å². The van der Waals surface area contributed by atoms with Gasteiger partial charge in [0.15, 0.2) is 5.69 Å². The van der Waals surface area contributed by atoms with E-state index < -0.39 is 35.7 Å². The van der Waals surface area contributed by atoms with Crippen molar-refractivity contribution in [2.75, 3.05) is 13.1 Å². The average molecular weight is 344 g/mol. The van der Waals surface area contributed by atoms with Gasteiger partial charge in [0.05, 0.1) is 6.04 Å². The monoisotopic (exact) mass is 344 g/mol. The Morgan fingerprint density at radius 2 is 2.17 bits per heavy atom. The van der Waals surface area contributed by atoms with Crippen LogP contribution in [-0.2, 0) is 6.18 Å². The molecule has 0 radical (unpaired) electrons. The third-order valence-electron chi connectivity index (χ3n) is 3.97. The van der Waals surface area contributed by atoms with Gasteiger partial charge in [-0.2, -0.15) is 13.2 Å². The Bertz CT molecular complexity index is 743. The topological polar surface area (TPSA) is 58.4 Å². The van der Waals surface area contributed by atoms with Crippen molar-refractivity contribution in [3.05, 3.63) is 35.8 Å². The fourth-order valence-corrected chi connectivity index (χ4v) is 2.82. The molecule has 1 fully saturated rings. The van der Waals surface area contributed by atoms with Gasteiger partial charge in [-0.1, -0.05) is 6.07 Å². The number of nitrogens with zero attached hydrogens (tertiary/aromatic N) is 2. The minimum Gasteiger partial charge on any atom is -0.345 e. The lowest BCUT2D eigenvalue weighted by molar-refractivity contribution is -0.141. The van der Waals surface area contributed by atoms with E-state index in [1.54, 1.807) is 0 Å². The number of alkyl halides is 4. The van der Waals surface area contributed by atoms with Crippen LogP contribution >= 0.6 is 0 Å². The number of aromatic nitrogens is 2. The third kappa shape index (κ3) is 3.21. The summed E-state index contributed by atoms with van der Waals surface area (Å²) in [4.78, 5) is 16.0. The quantitative estimate of drug-likeness (QED) is 0.821. The molecule has 1 aliphatic heterocycles. The van der Waals surface area contributed by atoms with E-state index >= 15 is 0 Å². The summed E-state index contributed by atoms with van der Waals surface area (Å²) in [6.45, 7) is 0.667. The number of hydrogen-bond acceptors (Lipinski definition) is 3. The Labute approximate surface area is 135 Å². The molecular weight excluding hydrogens is 328 g/mol. The highest BCUT2D eigenvalue weighted by molar-refractivity contribution is 5.95. The van der Waals surface area contributed by atoms with Crippen molar-refractivity contribution in [2.24, 2.45) is 0 Å². The van der Waals surface area contributed by atoms with E-state index in [-0.39, 0.29) is 12.2 Å². The Hall–Kier alpha value is -2.16. The standard InChI is InChI=1S/C15H16F4N4O/c16-9-8-20-6-3-4-10(9)21-14(24)12-13(15(17,18)19)22-11-5-1-2-7-23(11)12/h1-2,5,7,9-10,20H,3-4,6,8H2,(H,21,24). The van der Waals surface area contributed by atoms with Crippen LogP contribution in [0.15, 0.2) is 24.4 Å². The van der Waals surface area contributed by atoms with E-state index in [0.29, 0.717) is 19.4 Å². The summed E-state index contributed by atoms with van der Waals surface area (Å²) in [6.07, 6.45) is -3.82. The molecule has 1 amide bonds. The van der Waals surface area contributed by atoms with Gasteiger partial charge in [-0.05, 0) is 31.5 Å². The van der Waals surface area contributed by atoms with Crippen molar-refractivity contribution >= 4 is 11.6 Å². The molecule has 2 aromatic heterocycles. The van der Waals surface area contributed by atoms with Crippen LogP contribution in [0.3, 0.4) is 0 Å². The van der Waals surface area contributed by atoms with Crippen LogP contribution in [0, 0.1) is 0 Å². The molecule has 2 aromatic rings. The molecule has 0 spiro atoms. The Kier molecular flexibility index (Phi) is 4.44. The van der Waals surface area contributed by atoms with Crippen molar-refractivity contribution in [1.82, 2.24) is 20.0 Å². The Morgan fingerprint density at radius 3 is 2.92 bits per heavy atom. The molecule has 0 bridgehead atoms. The molecule has 24 heavy (non-hydrogen) atoms. The minimum absolute atomic E-state index is 0.00862. The van der Waals surface area contributed by atoms with Crippen molar-refractivity contribution in [3.63, 3.8) is 0 Å². The number of halogens is 4. The van der Waals surface area contributed by atoms with Crippen LogP contribution in [0.25, 0.3) is 5.65 Å². The summed E-state index contributed by atoms with van der Waals surface area (Å²) in [5.74, 6) is -0.976. The number of carbonyl (C=O) groups excluding carboxylic acids is 1. The molecule has 2 atom stereocenters. The zero-order valence-electron chi connectivity index (χ0n) is 12.6. The van der Waals surface area contributed by atoms with Crippen molar-refractivity contribution in [3.8, 4) is 0 Å². The highest BCUT2D eigenvalue weighted by Gasteiger charge is 2.40. The lowest BCUT2D eigenvalue weighted by atomic mass is 10.1. The smallest absolute Gasteiger partial charge is 0.345 e. The van der Waals surface area contributed by atoms with E-state index in [0.717, 1.165) is 4.40 Å². The van der Waals surface area contributed by atoms with Gasteiger partial charge in [0.25, 0.3) is 5.91 Å². The molecule has 2 N–H and O–H groups in total. The number of amides is 1. The maximum Gasteiger partial charge on any atom is 0.435 e. The normalized spacial score (nSPS) is 22.3. The number of hydrogen-bond donors (Lipinski definition) is 2. The first-order valence-electron chi connectivity index (χ1n) is 7.58. The Morgan fingerprint density at radius 1 is 1.38 bits per heavy atom. The molecular formula is C15H16F4N4O. The fraction of sp³-hybridized carbons (Fsp3) is 0.467. The SMILES string of the molecule is O=C(NC1CCCNCC1F)c1c(C(F)(F)F)nc2ccccn12. The number of pyridine rings is 1. The predicted octanol–water partition coefficient (Wildman–Crippen LogP) is 2.17. The van der Waals surface area contributed by atoms with Gasteiger partial charge in [0.1, 0.15) is 17.5 Å². The highest BCUT2D eigenvalue weighted by atomic mass is 19.4. The van der Waals surface area contributed by atoms with Gasteiger partial charge in [0, 0.05) is 12.7 Å². The zero-order chi connectivity index (χ0) is 17.3. The van der Waals surface area contributed by atoms with Crippen LogP contribution in [0.1, 0.15) is 29.0 Å². The van der Waals surface area contributed by atoms with Gasteiger partial charge < -0.3 is 10.6 Å². The summed E-state index contributed by atoms with van der Waals surface area (Å²) >= 11 is 0. The fourth-order valence-electron chi connectivity index (χ4n) is 2.82. The second-order valence-electron chi connectivity index (χ2n) is 5.68. The van der Waals surface area contributed by atoms with Gasteiger partial charge >= 0.3 is 6.18 Å². The molecule has 0 aliphatic carbocycles. The first-order valence-corrected chi connectivity index (χ1v) is 7.58. The largest absolute Gasteiger partial charge is 0.435 e. The summed E-state index contributed by atoms with van der Waals surface area (Å²) in [5, 5.41) is 5.28. The van der Waals surface area contributed by atoms with Gasteiger partial charge in [-0.25, -0.2) is 9.37 Å². The van der Waals surface area contributed by atoms with Gasteiger partial charge in [0.2, 0.25) is 0 Å².